The molecule has 5 nitrogen and oxygen atoms in total. The number of aryl methyl sites for hydroxylation is 1. The maximum atomic E-state index is 15.2. The molecule has 4 aromatic rings. The minimum atomic E-state index is -0.656. The van der Waals surface area contributed by atoms with Crippen LogP contribution in [0.2, 0.25) is 0 Å². The van der Waals surface area contributed by atoms with Crippen LogP contribution in [0.3, 0.4) is 0 Å². The van der Waals surface area contributed by atoms with E-state index in [9.17, 15) is 4.79 Å². The lowest BCUT2D eigenvalue weighted by atomic mass is 9.58. The van der Waals surface area contributed by atoms with Crippen LogP contribution in [0.15, 0.2) is 66.4 Å². The molecule has 2 aliphatic carbocycles. The Morgan fingerprint density at radius 2 is 1.81 bits per heavy atom. The number of benzene rings is 2. The zero-order chi connectivity index (χ0) is 25.9. The normalized spacial score (nSPS) is 22.7. The summed E-state index contributed by atoms with van der Waals surface area (Å²) in [7, 11) is 0. The van der Waals surface area contributed by atoms with Gasteiger partial charge in [0.05, 0.1) is 23.5 Å². The van der Waals surface area contributed by atoms with Crippen LogP contribution >= 0.6 is 0 Å². The Labute approximate surface area is 214 Å². The summed E-state index contributed by atoms with van der Waals surface area (Å²) in [5, 5.41) is 0.912. The highest BCUT2D eigenvalue weighted by molar-refractivity contribution is 6.00. The summed E-state index contributed by atoms with van der Waals surface area (Å²) < 4.78 is 15.2. The fourth-order valence-electron chi connectivity index (χ4n) is 6.23. The van der Waals surface area contributed by atoms with E-state index in [1.54, 1.807) is 18.2 Å². The molecule has 2 aromatic heterocycles. The van der Waals surface area contributed by atoms with E-state index in [4.69, 9.17) is 16.5 Å². The highest BCUT2D eigenvalue weighted by Crippen LogP contribution is 2.51. The second kappa shape index (κ2) is 8.41. The number of halogens is 1. The highest BCUT2D eigenvalue weighted by atomic mass is 19.1. The smallest absolute Gasteiger partial charge is 0.226 e. The number of para-hydroxylation sites is 1. The number of Topliss-reactive ketones (excluding diaryl/α,β-unsaturated/α-hetero) is 1. The second-order valence-corrected chi connectivity index (χ2v) is 10.3. The predicted molar refractivity (Wildman–Crippen MR) is 141 cm³/mol. The molecule has 0 saturated carbocycles. The number of hydrogen-bond acceptors (Lipinski definition) is 4. The summed E-state index contributed by atoms with van der Waals surface area (Å²) in [6, 6.07) is 16.5. The molecule has 6 rings (SSSR count). The van der Waals surface area contributed by atoms with Crippen molar-refractivity contribution in [2.45, 2.75) is 39.0 Å². The predicted octanol–water partition coefficient (Wildman–Crippen LogP) is 6.65. The molecule has 0 saturated heterocycles. The number of nitrogens with zero attached hydrogens (tertiary/aromatic N) is 4. The lowest BCUT2D eigenvalue weighted by Gasteiger charge is -2.46. The molecular weight excluding hydrogens is 463 g/mol. The first-order valence-corrected chi connectivity index (χ1v) is 12.5. The molecule has 182 valence electrons. The lowest BCUT2D eigenvalue weighted by molar-refractivity contribution is -0.121. The number of allylic oxidation sites excluding steroid dienone is 2. The van der Waals surface area contributed by atoms with E-state index in [0.29, 0.717) is 23.5 Å². The van der Waals surface area contributed by atoms with E-state index < -0.39 is 5.41 Å². The Balaban J connectivity index is 1.71. The van der Waals surface area contributed by atoms with E-state index in [1.165, 1.54) is 6.07 Å². The average molecular weight is 489 g/mol. The van der Waals surface area contributed by atoms with E-state index in [1.807, 2.05) is 50.2 Å². The molecule has 6 heteroatoms. The minimum absolute atomic E-state index is 0.00913. The van der Waals surface area contributed by atoms with Crippen molar-refractivity contribution < 1.29 is 9.18 Å². The van der Waals surface area contributed by atoms with Crippen LogP contribution in [0, 0.1) is 31.1 Å². The summed E-state index contributed by atoms with van der Waals surface area (Å²) in [5.74, 6) is -0.276. The first-order valence-electron chi connectivity index (χ1n) is 12.5. The molecule has 0 unspecified atom stereocenters. The third-order valence-corrected chi connectivity index (χ3v) is 8.03. The number of hydrogen-bond donors (Lipinski definition) is 0. The number of carbonyl (C=O) groups is 1. The average Bonchev–Trinajstić information content (AvgIpc) is 2.90. The van der Waals surface area contributed by atoms with Crippen molar-refractivity contribution in [3.05, 3.63) is 101 Å². The van der Waals surface area contributed by atoms with Gasteiger partial charge in [0.15, 0.2) is 11.6 Å². The fourth-order valence-corrected chi connectivity index (χ4v) is 6.23. The van der Waals surface area contributed by atoms with Gasteiger partial charge < -0.3 is 4.79 Å². The maximum absolute atomic E-state index is 15.2. The van der Waals surface area contributed by atoms with E-state index in [-0.39, 0.29) is 29.1 Å². The summed E-state index contributed by atoms with van der Waals surface area (Å²) in [6.07, 6.45) is 3.16. The van der Waals surface area contributed by atoms with Gasteiger partial charge in [-0.1, -0.05) is 50.3 Å². The standard InChI is InChI=1S/C31H25FN4O/c1-17-15-22(19-9-6-8-12-25(19)34-17)30-35-27(20-10-5-7-11-24(20)32)21-13-14-23-18(2)28(37)26(33-4)16-31(23,3)29(21)36-30/h5-12,15-16,18,23H,13-14H2,1-3H3/t18-,23-,31-/m1/s1. The number of ketones is 1. The van der Waals surface area contributed by atoms with Gasteiger partial charge in [-0.3, -0.25) is 4.98 Å². The highest BCUT2D eigenvalue weighted by Gasteiger charge is 2.49. The number of fused-ring (bicyclic) bond motifs is 4. The molecule has 0 amide bonds. The SMILES string of the molecule is [C-]#[N+]C1=C[C@@]2(C)c3nc(-c4cc(C)nc5ccccc45)nc(-c4ccccc4F)c3CC[C@@H]2[C@@H](C)C1=O. The topological polar surface area (TPSA) is 60.1 Å². The van der Waals surface area contributed by atoms with Crippen LogP contribution in [0.4, 0.5) is 4.39 Å². The number of carbonyl (C=O) groups excluding carboxylic acids is 1. The molecule has 0 radical (unpaired) electrons. The molecule has 2 heterocycles. The first-order chi connectivity index (χ1) is 17.8. The molecule has 0 aliphatic heterocycles. The van der Waals surface area contributed by atoms with Crippen molar-refractivity contribution in [2.24, 2.45) is 11.8 Å². The van der Waals surface area contributed by atoms with E-state index in [2.05, 4.69) is 16.8 Å². The van der Waals surface area contributed by atoms with Crippen molar-refractivity contribution in [3.8, 4) is 22.6 Å². The maximum Gasteiger partial charge on any atom is 0.226 e. The van der Waals surface area contributed by atoms with Crippen LogP contribution in [0.5, 0.6) is 0 Å². The Morgan fingerprint density at radius 3 is 2.59 bits per heavy atom. The molecule has 0 bridgehead atoms. The molecule has 0 fully saturated rings. The fraction of sp³-hybridized carbons (Fsp3) is 0.258. The van der Waals surface area contributed by atoms with Crippen molar-refractivity contribution in [1.29, 1.82) is 0 Å². The van der Waals surface area contributed by atoms with Gasteiger partial charge in [-0.2, -0.15) is 0 Å². The van der Waals surface area contributed by atoms with Gasteiger partial charge >= 0.3 is 0 Å². The van der Waals surface area contributed by atoms with Crippen LogP contribution < -0.4 is 0 Å². The van der Waals surface area contributed by atoms with Gasteiger partial charge in [-0.25, -0.2) is 19.2 Å². The summed E-state index contributed by atoms with van der Waals surface area (Å²) in [6.45, 7) is 13.5. The summed E-state index contributed by atoms with van der Waals surface area (Å²) in [5.41, 5.74) is 4.63. The minimum Gasteiger partial charge on any atom is -0.308 e. The third-order valence-electron chi connectivity index (χ3n) is 8.03. The Morgan fingerprint density at radius 1 is 1.05 bits per heavy atom. The number of rotatable bonds is 2. The Hall–Kier alpha value is -4.24. The summed E-state index contributed by atoms with van der Waals surface area (Å²) >= 11 is 0. The zero-order valence-corrected chi connectivity index (χ0v) is 20.9. The molecule has 37 heavy (non-hydrogen) atoms. The van der Waals surface area contributed by atoms with Crippen LogP contribution in [-0.2, 0) is 16.6 Å². The van der Waals surface area contributed by atoms with Crippen molar-refractivity contribution in [1.82, 2.24) is 15.0 Å². The number of pyridine rings is 1. The van der Waals surface area contributed by atoms with Crippen LogP contribution in [-0.4, -0.2) is 20.7 Å². The van der Waals surface area contributed by atoms with Crippen molar-refractivity contribution in [3.63, 3.8) is 0 Å². The van der Waals surface area contributed by atoms with Gasteiger partial charge in [0.25, 0.3) is 0 Å². The largest absolute Gasteiger partial charge is 0.308 e. The summed E-state index contributed by atoms with van der Waals surface area (Å²) in [4.78, 5) is 31.3. The van der Waals surface area contributed by atoms with Gasteiger partial charge in [-0.15, -0.1) is 0 Å². The van der Waals surface area contributed by atoms with E-state index in [0.717, 1.165) is 39.8 Å². The third kappa shape index (κ3) is 3.49. The molecule has 2 aliphatic rings. The lowest BCUT2D eigenvalue weighted by Crippen LogP contribution is -2.46. The number of aromatic nitrogens is 3. The molecule has 0 spiro atoms. The van der Waals surface area contributed by atoms with E-state index >= 15 is 4.39 Å². The van der Waals surface area contributed by atoms with Gasteiger partial charge in [0.1, 0.15) is 5.82 Å². The molecule has 0 N–H and O–H groups in total. The van der Waals surface area contributed by atoms with Crippen molar-refractivity contribution >= 4 is 16.7 Å². The van der Waals surface area contributed by atoms with Gasteiger partial charge in [0, 0.05) is 39.1 Å². The second-order valence-electron chi connectivity index (χ2n) is 10.3. The van der Waals surface area contributed by atoms with Crippen LogP contribution in [0.25, 0.3) is 38.4 Å². The molecular formula is C31H25FN4O. The van der Waals surface area contributed by atoms with Gasteiger partial charge in [-0.05, 0) is 49.9 Å². The molecule has 3 atom stereocenters. The zero-order valence-electron chi connectivity index (χ0n) is 20.9. The van der Waals surface area contributed by atoms with Crippen molar-refractivity contribution in [2.75, 3.05) is 0 Å². The monoisotopic (exact) mass is 488 g/mol. The quantitative estimate of drug-likeness (QED) is 0.297. The Bertz CT molecular complexity index is 1680. The van der Waals surface area contributed by atoms with Gasteiger partial charge in [0.2, 0.25) is 5.70 Å². The Kier molecular flexibility index (Phi) is 5.27. The first kappa shape index (κ1) is 23.2. The van der Waals surface area contributed by atoms with Crippen LogP contribution in [0.1, 0.15) is 37.2 Å². The molecule has 2 aromatic carbocycles.